The Morgan fingerprint density at radius 3 is 2.81 bits per heavy atom. The lowest BCUT2D eigenvalue weighted by atomic mass is 9.92. The Bertz CT molecular complexity index is 354. The molecule has 1 aliphatic heterocycles. The predicted molar refractivity (Wildman–Crippen MR) is 66.6 cm³/mol. The first-order chi connectivity index (χ1) is 7.56. The van der Waals surface area contributed by atoms with E-state index in [9.17, 15) is 0 Å². The number of fused-ring (bicyclic) bond motifs is 1. The lowest BCUT2D eigenvalue weighted by molar-refractivity contribution is 0.0890. The molecule has 88 valence electrons. The summed E-state index contributed by atoms with van der Waals surface area (Å²) >= 11 is 0. The van der Waals surface area contributed by atoms with E-state index in [4.69, 9.17) is 4.74 Å². The average molecular weight is 219 g/mol. The van der Waals surface area contributed by atoms with Gasteiger partial charge in [0, 0.05) is 18.0 Å². The maximum absolute atomic E-state index is 5.63. The van der Waals surface area contributed by atoms with Crippen LogP contribution in [0.3, 0.4) is 0 Å². The molecule has 2 rings (SSSR count). The molecule has 1 aromatic carbocycles. The number of hydrogen-bond donors (Lipinski definition) is 1. The molecule has 1 heterocycles. The highest BCUT2D eigenvalue weighted by Gasteiger charge is 2.21. The first-order valence-corrected chi connectivity index (χ1v) is 5.97. The van der Waals surface area contributed by atoms with E-state index in [0.717, 1.165) is 19.8 Å². The summed E-state index contributed by atoms with van der Waals surface area (Å²) in [5.74, 6) is 0.490. The lowest BCUT2D eigenvalue weighted by Gasteiger charge is -2.29. The van der Waals surface area contributed by atoms with Gasteiger partial charge in [-0.25, -0.2) is 0 Å². The van der Waals surface area contributed by atoms with E-state index in [-0.39, 0.29) is 5.54 Å². The lowest BCUT2D eigenvalue weighted by Crippen LogP contribution is -2.40. The second kappa shape index (κ2) is 4.56. The number of ether oxygens (including phenoxy) is 1. The van der Waals surface area contributed by atoms with Gasteiger partial charge in [-0.1, -0.05) is 24.3 Å². The summed E-state index contributed by atoms with van der Waals surface area (Å²) in [4.78, 5) is 0. The molecule has 0 radical (unpaired) electrons. The minimum absolute atomic E-state index is 0.173. The van der Waals surface area contributed by atoms with E-state index in [2.05, 4.69) is 50.4 Å². The van der Waals surface area contributed by atoms with Crippen LogP contribution in [-0.2, 0) is 11.3 Å². The van der Waals surface area contributed by atoms with Gasteiger partial charge in [0.25, 0.3) is 0 Å². The van der Waals surface area contributed by atoms with Crippen LogP contribution in [-0.4, -0.2) is 18.7 Å². The van der Waals surface area contributed by atoms with E-state index >= 15 is 0 Å². The molecule has 0 saturated carbocycles. The Hall–Kier alpha value is -0.860. The second-order valence-electron chi connectivity index (χ2n) is 5.54. The first-order valence-electron chi connectivity index (χ1n) is 5.97. The van der Waals surface area contributed by atoms with Crippen molar-refractivity contribution in [3.63, 3.8) is 0 Å². The quantitative estimate of drug-likeness (QED) is 0.825. The fourth-order valence-corrected chi connectivity index (χ4v) is 2.06. The third-order valence-electron chi connectivity index (χ3n) is 2.95. The molecule has 2 nitrogen and oxygen atoms in total. The van der Waals surface area contributed by atoms with Crippen molar-refractivity contribution in [2.75, 3.05) is 13.2 Å². The summed E-state index contributed by atoms with van der Waals surface area (Å²) in [6, 6.07) is 8.60. The third kappa shape index (κ3) is 2.83. The predicted octanol–water partition coefficient (Wildman–Crippen LogP) is 2.69. The minimum atomic E-state index is 0.173. The van der Waals surface area contributed by atoms with Crippen LogP contribution < -0.4 is 5.32 Å². The maximum atomic E-state index is 5.63. The van der Waals surface area contributed by atoms with Gasteiger partial charge in [-0.05, 0) is 31.9 Å². The Kier molecular flexibility index (Phi) is 3.31. The van der Waals surface area contributed by atoms with Crippen LogP contribution in [0.2, 0.25) is 0 Å². The van der Waals surface area contributed by atoms with Crippen LogP contribution >= 0.6 is 0 Å². The Labute approximate surface area is 98.0 Å². The van der Waals surface area contributed by atoms with Crippen molar-refractivity contribution in [3.05, 3.63) is 35.4 Å². The van der Waals surface area contributed by atoms with E-state index < -0.39 is 0 Å². The van der Waals surface area contributed by atoms with Crippen molar-refractivity contribution in [1.29, 1.82) is 0 Å². The average Bonchev–Trinajstić information content (AvgIpc) is 2.25. The SMILES string of the molecule is CC(C)(C)NCC1COCc2ccccc21. The fraction of sp³-hybridized carbons (Fsp3) is 0.571. The highest BCUT2D eigenvalue weighted by Crippen LogP contribution is 2.26. The van der Waals surface area contributed by atoms with E-state index in [1.165, 1.54) is 11.1 Å². The Morgan fingerprint density at radius 2 is 2.06 bits per heavy atom. The summed E-state index contributed by atoms with van der Waals surface area (Å²) in [5.41, 5.74) is 2.96. The van der Waals surface area contributed by atoms with Gasteiger partial charge in [0.1, 0.15) is 0 Å². The smallest absolute Gasteiger partial charge is 0.0719 e. The minimum Gasteiger partial charge on any atom is -0.376 e. The van der Waals surface area contributed by atoms with Crippen LogP contribution in [0.15, 0.2) is 24.3 Å². The number of nitrogens with one attached hydrogen (secondary N) is 1. The largest absolute Gasteiger partial charge is 0.376 e. The highest BCUT2D eigenvalue weighted by atomic mass is 16.5. The standard InChI is InChI=1S/C14H21NO/c1-14(2,3)15-8-12-10-16-9-11-6-4-5-7-13(11)12/h4-7,12,15H,8-10H2,1-3H3. The van der Waals surface area contributed by atoms with Crippen LogP contribution in [0.4, 0.5) is 0 Å². The first kappa shape index (κ1) is 11.6. The number of benzene rings is 1. The van der Waals surface area contributed by atoms with Crippen molar-refractivity contribution in [2.45, 2.75) is 38.8 Å². The molecule has 1 atom stereocenters. The Morgan fingerprint density at radius 1 is 1.31 bits per heavy atom. The summed E-state index contributed by atoms with van der Waals surface area (Å²) in [7, 11) is 0. The highest BCUT2D eigenvalue weighted by molar-refractivity contribution is 5.31. The molecule has 0 saturated heterocycles. The molecule has 0 amide bonds. The van der Waals surface area contributed by atoms with Crippen molar-refractivity contribution in [1.82, 2.24) is 5.32 Å². The van der Waals surface area contributed by atoms with Gasteiger partial charge in [0.05, 0.1) is 13.2 Å². The van der Waals surface area contributed by atoms with Crippen molar-refractivity contribution < 1.29 is 4.74 Å². The molecule has 0 aromatic heterocycles. The fourth-order valence-electron chi connectivity index (χ4n) is 2.06. The van der Waals surface area contributed by atoms with Gasteiger partial charge in [-0.3, -0.25) is 0 Å². The zero-order valence-electron chi connectivity index (χ0n) is 10.4. The van der Waals surface area contributed by atoms with E-state index in [1.54, 1.807) is 0 Å². The molecular weight excluding hydrogens is 198 g/mol. The molecule has 1 N–H and O–H groups in total. The van der Waals surface area contributed by atoms with Crippen molar-refractivity contribution in [2.24, 2.45) is 0 Å². The molecule has 1 aromatic rings. The van der Waals surface area contributed by atoms with Gasteiger partial charge in [0.2, 0.25) is 0 Å². The third-order valence-corrected chi connectivity index (χ3v) is 2.95. The molecule has 0 spiro atoms. The second-order valence-corrected chi connectivity index (χ2v) is 5.54. The molecule has 2 heteroatoms. The van der Waals surface area contributed by atoms with Crippen molar-refractivity contribution in [3.8, 4) is 0 Å². The summed E-state index contributed by atoms with van der Waals surface area (Å²) in [6.45, 7) is 9.18. The normalized spacial score (nSPS) is 20.6. The van der Waals surface area contributed by atoms with E-state index in [0.29, 0.717) is 5.92 Å². The molecule has 16 heavy (non-hydrogen) atoms. The maximum Gasteiger partial charge on any atom is 0.0719 e. The molecule has 1 unspecified atom stereocenters. The monoisotopic (exact) mass is 219 g/mol. The van der Waals surface area contributed by atoms with Gasteiger partial charge in [-0.15, -0.1) is 0 Å². The van der Waals surface area contributed by atoms with Gasteiger partial charge in [0.15, 0.2) is 0 Å². The van der Waals surface area contributed by atoms with Gasteiger partial charge < -0.3 is 10.1 Å². The molecule has 0 fully saturated rings. The van der Waals surface area contributed by atoms with Gasteiger partial charge in [-0.2, -0.15) is 0 Å². The number of hydrogen-bond acceptors (Lipinski definition) is 2. The van der Waals surface area contributed by atoms with Crippen LogP contribution in [0.25, 0.3) is 0 Å². The van der Waals surface area contributed by atoms with Gasteiger partial charge >= 0.3 is 0 Å². The zero-order valence-corrected chi connectivity index (χ0v) is 10.4. The molecule has 0 aliphatic carbocycles. The molecule has 1 aliphatic rings. The summed E-state index contributed by atoms with van der Waals surface area (Å²) in [6.07, 6.45) is 0. The molecular formula is C14H21NO. The number of rotatable bonds is 2. The topological polar surface area (TPSA) is 21.3 Å². The van der Waals surface area contributed by atoms with Crippen molar-refractivity contribution >= 4 is 0 Å². The van der Waals surface area contributed by atoms with E-state index in [1.807, 2.05) is 0 Å². The zero-order chi connectivity index (χ0) is 11.6. The molecule has 0 bridgehead atoms. The van der Waals surface area contributed by atoms with Crippen LogP contribution in [0.5, 0.6) is 0 Å². The summed E-state index contributed by atoms with van der Waals surface area (Å²) < 4.78 is 5.63. The van der Waals surface area contributed by atoms with Crippen LogP contribution in [0, 0.1) is 0 Å². The summed E-state index contributed by atoms with van der Waals surface area (Å²) in [5, 5.41) is 3.55. The van der Waals surface area contributed by atoms with Crippen LogP contribution in [0.1, 0.15) is 37.8 Å². The Balaban J connectivity index is 2.07.